The molecule has 4 heteroatoms. The van der Waals surface area contributed by atoms with Crippen LogP contribution in [0.5, 0.6) is 0 Å². The zero-order valence-corrected chi connectivity index (χ0v) is 13.9. The van der Waals surface area contributed by atoms with Crippen molar-refractivity contribution in [3.05, 3.63) is 29.3 Å². The lowest BCUT2D eigenvalue weighted by molar-refractivity contribution is -0.116. The molecular weight excluding hydrogens is 286 g/mol. The highest BCUT2D eigenvalue weighted by Crippen LogP contribution is 2.39. The van der Waals surface area contributed by atoms with Crippen LogP contribution in [0.3, 0.4) is 0 Å². The molecule has 1 aliphatic heterocycles. The van der Waals surface area contributed by atoms with E-state index in [-0.39, 0.29) is 5.91 Å². The Hall–Kier alpha value is -0.610. The molecule has 0 spiro atoms. The molecule has 1 saturated heterocycles. The van der Waals surface area contributed by atoms with Crippen LogP contribution in [0.1, 0.15) is 43.2 Å². The van der Waals surface area contributed by atoms with Gasteiger partial charge in [0.2, 0.25) is 5.91 Å². The van der Waals surface area contributed by atoms with Crippen molar-refractivity contribution >= 4 is 33.2 Å². The van der Waals surface area contributed by atoms with E-state index in [9.17, 15) is 4.79 Å². The molecule has 110 valence electrons. The number of carbonyl (C=O) groups excluding carboxylic acids is 1. The Bertz CT molecular complexity index is 456. The first kappa shape index (κ1) is 15.8. The van der Waals surface area contributed by atoms with E-state index in [0.717, 1.165) is 17.4 Å². The average Bonchev–Trinajstić information content (AvgIpc) is 2.92. The fourth-order valence-electron chi connectivity index (χ4n) is 2.26. The van der Waals surface area contributed by atoms with Crippen molar-refractivity contribution in [2.75, 3.05) is 11.1 Å². The van der Waals surface area contributed by atoms with Crippen molar-refractivity contribution in [2.24, 2.45) is 0 Å². The Labute approximate surface area is 129 Å². The van der Waals surface area contributed by atoms with E-state index in [4.69, 9.17) is 0 Å². The van der Waals surface area contributed by atoms with Gasteiger partial charge in [-0.15, -0.1) is 0 Å². The first-order valence-electron chi connectivity index (χ1n) is 7.30. The number of hydrogen-bond donors (Lipinski definition) is 1. The third-order valence-corrected chi connectivity index (χ3v) is 6.70. The van der Waals surface area contributed by atoms with E-state index in [1.807, 2.05) is 33.7 Å². The zero-order valence-electron chi connectivity index (χ0n) is 12.3. The lowest BCUT2D eigenvalue weighted by Crippen LogP contribution is -2.11. The molecule has 2 rings (SSSR count). The van der Waals surface area contributed by atoms with E-state index >= 15 is 0 Å². The number of unbranched alkanes of at least 4 members (excludes halogenated alkanes) is 1. The largest absolute Gasteiger partial charge is 0.326 e. The topological polar surface area (TPSA) is 29.1 Å². The molecule has 1 heterocycles. The van der Waals surface area contributed by atoms with Gasteiger partial charge >= 0.3 is 0 Å². The van der Waals surface area contributed by atoms with Gasteiger partial charge < -0.3 is 5.32 Å². The van der Waals surface area contributed by atoms with Gasteiger partial charge in [-0.25, -0.2) is 0 Å². The molecule has 0 radical (unpaired) electrons. The minimum Gasteiger partial charge on any atom is -0.326 e. The summed E-state index contributed by atoms with van der Waals surface area (Å²) in [5, 5.41) is 3.81. The number of carbonyl (C=O) groups is 1. The standard InChI is InChI=1S/C16H23NOS2/c1-12-7-8-14(11-13(12)2)17-16(18)6-4-3-5-15-9-10-19-20-15/h7-8,11,15H,3-6,9-10H2,1-2H3,(H,17,18). The van der Waals surface area contributed by atoms with Crippen LogP contribution >= 0.6 is 21.6 Å². The Morgan fingerprint density at radius 2 is 2.15 bits per heavy atom. The number of hydrogen-bond acceptors (Lipinski definition) is 3. The summed E-state index contributed by atoms with van der Waals surface area (Å²) in [4.78, 5) is 11.9. The fraction of sp³-hybridized carbons (Fsp3) is 0.562. The molecule has 0 aromatic heterocycles. The summed E-state index contributed by atoms with van der Waals surface area (Å²) in [5.41, 5.74) is 3.40. The maximum Gasteiger partial charge on any atom is 0.224 e. The number of anilines is 1. The minimum atomic E-state index is 0.140. The quantitative estimate of drug-likeness (QED) is 0.595. The summed E-state index contributed by atoms with van der Waals surface area (Å²) >= 11 is 0. The zero-order chi connectivity index (χ0) is 14.4. The minimum absolute atomic E-state index is 0.140. The van der Waals surface area contributed by atoms with E-state index in [0.29, 0.717) is 6.42 Å². The van der Waals surface area contributed by atoms with Crippen molar-refractivity contribution < 1.29 is 4.79 Å². The third kappa shape index (κ3) is 5.06. The van der Waals surface area contributed by atoms with Gasteiger partial charge in [-0.1, -0.05) is 34.1 Å². The molecule has 1 amide bonds. The average molecular weight is 310 g/mol. The van der Waals surface area contributed by atoms with Crippen molar-refractivity contribution in [3.63, 3.8) is 0 Å². The number of nitrogens with one attached hydrogen (secondary N) is 1. The number of rotatable bonds is 6. The molecule has 2 nitrogen and oxygen atoms in total. The first-order valence-corrected chi connectivity index (χ1v) is 9.69. The predicted molar refractivity (Wildman–Crippen MR) is 91.5 cm³/mol. The highest BCUT2D eigenvalue weighted by molar-refractivity contribution is 8.77. The monoisotopic (exact) mass is 309 g/mol. The van der Waals surface area contributed by atoms with Crippen molar-refractivity contribution in [1.29, 1.82) is 0 Å². The molecule has 1 unspecified atom stereocenters. The SMILES string of the molecule is Cc1ccc(NC(=O)CCCCC2CCSS2)cc1C. The van der Waals surface area contributed by atoms with Crippen LogP contribution in [0, 0.1) is 13.8 Å². The summed E-state index contributed by atoms with van der Waals surface area (Å²) in [6, 6.07) is 6.08. The van der Waals surface area contributed by atoms with Gasteiger partial charge in [0.15, 0.2) is 0 Å². The van der Waals surface area contributed by atoms with E-state index < -0.39 is 0 Å². The van der Waals surface area contributed by atoms with Gasteiger partial charge in [-0.3, -0.25) is 4.79 Å². The van der Waals surface area contributed by atoms with Crippen LogP contribution in [0.25, 0.3) is 0 Å². The maximum absolute atomic E-state index is 11.9. The van der Waals surface area contributed by atoms with E-state index in [1.54, 1.807) is 0 Å². The maximum atomic E-state index is 11.9. The molecular formula is C16H23NOS2. The highest BCUT2D eigenvalue weighted by atomic mass is 33.1. The van der Waals surface area contributed by atoms with Gasteiger partial charge in [0.1, 0.15) is 0 Å². The second kappa shape index (κ2) is 7.99. The first-order chi connectivity index (χ1) is 9.65. The molecule has 1 fully saturated rings. The van der Waals surface area contributed by atoms with Crippen molar-refractivity contribution in [1.82, 2.24) is 0 Å². The number of aryl methyl sites for hydroxylation is 2. The number of amides is 1. The molecule has 1 N–H and O–H groups in total. The summed E-state index contributed by atoms with van der Waals surface area (Å²) in [6.45, 7) is 4.16. The summed E-state index contributed by atoms with van der Waals surface area (Å²) in [7, 11) is 4.01. The van der Waals surface area contributed by atoms with Crippen molar-refractivity contribution in [3.8, 4) is 0 Å². The second-order valence-corrected chi connectivity index (χ2v) is 8.21. The summed E-state index contributed by atoms with van der Waals surface area (Å²) in [5.74, 6) is 1.43. The lowest BCUT2D eigenvalue weighted by Gasteiger charge is -2.09. The molecule has 0 bridgehead atoms. The van der Waals surface area contributed by atoms with Crippen LogP contribution in [-0.4, -0.2) is 16.9 Å². The molecule has 1 aromatic carbocycles. The van der Waals surface area contributed by atoms with Gasteiger partial charge in [0.05, 0.1) is 0 Å². The molecule has 20 heavy (non-hydrogen) atoms. The lowest BCUT2D eigenvalue weighted by atomic mass is 10.1. The van der Waals surface area contributed by atoms with Crippen LogP contribution in [-0.2, 0) is 4.79 Å². The molecule has 0 saturated carbocycles. The van der Waals surface area contributed by atoms with Crippen LogP contribution in [0.2, 0.25) is 0 Å². The van der Waals surface area contributed by atoms with Gasteiger partial charge in [0.25, 0.3) is 0 Å². The van der Waals surface area contributed by atoms with Crippen LogP contribution in [0.4, 0.5) is 5.69 Å². The van der Waals surface area contributed by atoms with E-state index in [2.05, 4.69) is 25.2 Å². The van der Waals surface area contributed by atoms with Gasteiger partial charge in [0, 0.05) is 23.1 Å². The van der Waals surface area contributed by atoms with Crippen LogP contribution in [0.15, 0.2) is 18.2 Å². The molecule has 1 aromatic rings. The smallest absolute Gasteiger partial charge is 0.224 e. The fourth-order valence-corrected chi connectivity index (χ4v) is 5.29. The molecule has 0 aliphatic carbocycles. The van der Waals surface area contributed by atoms with Crippen molar-refractivity contribution in [2.45, 2.75) is 51.2 Å². The normalized spacial score (nSPS) is 18.2. The molecule has 1 aliphatic rings. The molecule has 1 atom stereocenters. The predicted octanol–water partition coefficient (Wildman–Crippen LogP) is 4.96. The summed E-state index contributed by atoms with van der Waals surface area (Å²) in [6.07, 6.45) is 5.40. The Balaban J connectivity index is 1.65. The highest BCUT2D eigenvalue weighted by Gasteiger charge is 2.15. The number of benzene rings is 1. The Morgan fingerprint density at radius 1 is 1.30 bits per heavy atom. The van der Waals surface area contributed by atoms with Gasteiger partial charge in [-0.2, -0.15) is 0 Å². The Morgan fingerprint density at radius 3 is 2.85 bits per heavy atom. The Kier molecular flexibility index (Phi) is 6.30. The summed E-state index contributed by atoms with van der Waals surface area (Å²) < 4.78 is 0. The third-order valence-electron chi connectivity index (χ3n) is 3.70. The second-order valence-electron chi connectivity index (χ2n) is 5.42. The van der Waals surface area contributed by atoms with E-state index in [1.165, 1.54) is 36.1 Å². The van der Waals surface area contributed by atoms with Crippen LogP contribution < -0.4 is 5.32 Å². The van der Waals surface area contributed by atoms with Gasteiger partial charge in [-0.05, 0) is 56.4 Å².